The molecule has 194 valence electrons. The fourth-order valence-electron chi connectivity index (χ4n) is 2.66. The average molecular weight is 483 g/mol. The lowest BCUT2D eigenvalue weighted by atomic mass is 9.97. The number of carboxylic acids is 2. The molecule has 0 spiro atoms. The van der Waals surface area contributed by atoms with E-state index in [1.807, 2.05) is 6.92 Å². The van der Waals surface area contributed by atoms with Crippen molar-refractivity contribution in [1.29, 1.82) is 0 Å². The Morgan fingerprint density at radius 2 is 1.68 bits per heavy atom. The lowest BCUT2D eigenvalue weighted by molar-refractivity contribution is -0.139. The highest BCUT2D eigenvalue weighted by Crippen LogP contribution is 2.14. The molecule has 0 radical (unpaired) electrons. The maximum Gasteiger partial charge on any atom is 0.320 e. The Hall–Kier alpha value is -2.82. The van der Waals surface area contributed by atoms with Crippen LogP contribution in [-0.2, 0) is 14.4 Å². The number of carbonyl (C=O) groups excluding carboxylic acids is 2. The number of amides is 1. The van der Waals surface area contributed by atoms with Crippen molar-refractivity contribution in [2.45, 2.75) is 83.7 Å². The minimum atomic E-state index is -0.955. The Morgan fingerprint density at radius 1 is 1.12 bits per heavy atom. The van der Waals surface area contributed by atoms with Gasteiger partial charge in [-0.05, 0) is 62.9 Å². The van der Waals surface area contributed by atoms with E-state index < -0.39 is 18.0 Å². The summed E-state index contributed by atoms with van der Waals surface area (Å²) >= 11 is 0. The van der Waals surface area contributed by atoms with Gasteiger partial charge in [0.25, 0.3) is 0 Å². The number of aldehydes is 1. The molecule has 0 aliphatic heterocycles. The minimum Gasteiger partial charge on any atom is -0.481 e. The molecule has 0 aromatic heterocycles. The van der Waals surface area contributed by atoms with E-state index in [0.29, 0.717) is 43.1 Å². The van der Waals surface area contributed by atoms with Crippen LogP contribution in [0.1, 0.15) is 82.0 Å². The van der Waals surface area contributed by atoms with Gasteiger partial charge >= 0.3 is 11.9 Å². The van der Waals surface area contributed by atoms with Crippen LogP contribution >= 0.6 is 0 Å². The normalized spacial score (nSPS) is 13.3. The first-order valence-electron chi connectivity index (χ1n) is 11.6. The van der Waals surface area contributed by atoms with Crippen LogP contribution in [0, 0.1) is 0 Å². The van der Waals surface area contributed by atoms with Gasteiger partial charge in [0.2, 0.25) is 5.91 Å². The number of nitrogens with two attached hydrogens (primary N) is 3. The summed E-state index contributed by atoms with van der Waals surface area (Å²) in [6.07, 6.45) is 9.59. The highest BCUT2D eigenvalue weighted by Gasteiger charge is 2.09. The fourth-order valence-corrected chi connectivity index (χ4v) is 2.66. The fraction of sp³-hybridized carbons (Fsp3) is 0.583. The molecule has 0 unspecified atom stereocenters. The Bertz CT molecular complexity index is 691. The molecule has 1 aliphatic rings. The molecule has 9 N–H and O–H groups in total. The van der Waals surface area contributed by atoms with Gasteiger partial charge in [0, 0.05) is 30.6 Å². The molecule has 1 aromatic carbocycles. The largest absolute Gasteiger partial charge is 0.481 e. The van der Waals surface area contributed by atoms with Crippen molar-refractivity contribution in [2.24, 2.45) is 17.2 Å². The Balaban J connectivity index is 0. The zero-order chi connectivity index (χ0) is 26.4. The average Bonchev–Trinajstić information content (AvgIpc) is 2.79. The minimum absolute atomic E-state index is 0.117. The molecule has 1 saturated carbocycles. The van der Waals surface area contributed by atoms with Gasteiger partial charge < -0.3 is 32.7 Å². The Morgan fingerprint density at radius 3 is 1.97 bits per heavy atom. The van der Waals surface area contributed by atoms with Gasteiger partial charge in [0.15, 0.2) is 0 Å². The molecule has 1 aromatic rings. The monoisotopic (exact) mass is 482 g/mol. The molecule has 2 rings (SSSR count). The summed E-state index contributed by atoms with van der Waals surface area (Å²) in [7, 11) is 0. The van der Waals surface area contributed by atoms with Crippen LogP contribution in [0.4, 0.5) is 5.69 Å². The van der Waals surface area contributed by atoms with Gasteiger partial charge in [0.1, 0.15) is 12.3 Å². The number of carbonyl (C=O) groups is 4. The molecule has 0 saturated heterocycles. The zero-order valence-electron chi connectivity index (χ0n) is 20.4. The molecule has 0 bridgehead atoms. The summed E-state index contributed by atoms with van der Waals surface area (Å²) in [6.45, 7) is 3.78. The standard InChI is InChI=1S/C9H9NO2.C6H13N.C5H12N2O2.C4H8O2/c1-7(12)10-9-4-2-8(6-11)3-5-9;7-6-4-2-1-3-5-6;6-3-1-2-4(7)5(8)9;1-2-3-4(5)6/h2-6H,1H3,(H,10,12);6H,1-5,7H2;4H,1-3,6-7H2,(H,8,9);2-3H2,1H3,(H,5,6)/t;;4-;/m..0./s1. The molecule has 1 aliphatic carbocycles. The van der Waals surface area contributed by atoms with Gasteiger partial charge in [-0.1, -0.05) is 26.2 Å². The highest BCUT2D eigenvalue weighted by molar-refractivity contribution is 5.89. The van der Waals surface area contributed by atoms with Gasteiger partial charge in [-0.15, -0.1) is 0 Å². The first-order valence-corrected chi connectivity index (χ1v) is 11.6. The number of hydrogen-bond donors (Lipinski definition) is 6. The van der Waals surface area contributed by atoms with E-state index >= 15 is 0 Å². The van der Waals surface area contributed by atoms with Crippen molar-refractivity contribution in [2.75, 3.05) is 11.9 Å². The predicted octanol–water partition coefficient (Wildman–Crippen LogP) is 2.74. The van der Waals surface area contributed by atoms with E-state index in [1.54, 1.807) is 24.3 Å². The van der Waals surface area contributed by atoms with Crippen molar-refractivity contribution in [3.8, 4) is 0 Å². The lowest BCUT2D eigenvalue weighted by Gasteiger charge is -2.15. The number of benzene rings is 1. The summed E-state index contributed by atoms with van der Waals surface area (Å²) < 4.78 is 0. The molecule has 1 amide bonds. The van der Waals surface area contributed by atoms with Gasteiger partial charge in [-0.25, -0.2) is 0 Å². The second-order valence-corrected chi connectivity index (χ2v) is 7.84. The topological polar surface area (TPSA) is 199 Å². The van der Waals surface area contributed by atoms with Crippen molar-refractivity contribution in [3.05, 3.63) is 29.8 Å². The second kappa shape index (κ2) is 22.0. The van der Waals surface area contributed by atoms with Gasteiger partial charge in [-0.2, -0.15) is 0 Å². The van der Waals surface area contributed by atoms with Crippen LogP contribution in [0.5, 0.6) is 0 Å². The van der Waals surface area contributed by atoms with Crippen molar-refractivity contribution in [3.63, 3.8) is 0 Å². The zero-order valence-corrected chi connectivity index (χ0v) is 20.4. The third-order valence-electron chi connectivity index (χ3n) is 4.52. The van der Waals surface area contributed by atoms with E-state index in [1.165, 1.54) is 39.0 Å². The first kappa shape index (κ1) is 33.4. The molecular weight excluding hydrogens is 440 g/mol. The Labute approximate surface area is 202 Å². The quantitative estimate of drug-likeness (QED) is 0.301. The maximum absolute atomic E-state index is 10.6. The van der Waals surface area contributed by atoms with Crippen LogP contribution in [0.3, 0.4) is 0 Å². The summed E-state index contributed by atoms with van der Waals surface area (Å²) in [4.78, 5) is 40.5. The maximum atomic E-state index is 10.6. The SMILES string of the molecule is CC(=O)Nc1ccc(C=O)cc1.CCCC(=O)O.NC1CCCCC1.NCCC[C@H](N)C(=O)O. The van der Waals surface area contributed by atoms with Crippen LogP contribution in [0.25, 0.3) is 0 Å². The lowest BCUT2D eigenvalue weighted by Crippen LogP contribution is -2.30. The van der Waals surface area contributed by atoms with Crippen molar-refractivity contribution in [1.82, 2.24) is 0 Å². The number of anilines is 1. The molecule has 1 fully saturated rings. The summed E-state index contributed by atoms with van der Waals surface area (Å²) in [5, 5.41) is 18.8. The van der Waals surface area contributed by atoms with Crippen LogP contribution in [-0.4, -0.2) is 53.0 Å². The molecule has 10 nitrogen and oxygen atoms in total. The third kappa shape index (κ3) is 22.4. The van der Waals surface area contributed by atoms with E-state index in [0.717, 1.165) is 12.7 Å². The van der Waals surface area contributed by atoms with Crippen molar-refractivity contribution >= 4 is 29.8 Å². The van der Waals surface area contributed by atoms with Crippen LogP contribution in [0.2, 0.25) is 0 Å². The number of rotatable bonds is 8. The van der Waals surface area contributed by atoms with E-state index in [2.05, 4.69) is 5.32 Å². The smallest absolute Gasteiger partial charge is 0.320 e. The van der Waals surface area contributed by atoms with E-state index in [4.69, 9.17) is 27.4 Å². The highest BCUT2D eigenvalue weighted by atomic mass is 16.4. The first-order chi connectivity index (χ1) is 16.1. The molecule has 0 heterocycles. The summed E-state index contributed by atoms with van der Waals surface area (Å²) in [5.41, 5.74) is 17.2. The number of aliphatic carboxylic acids is 2. The number of carboxylic acid groups (broad SMARTS) is 2. The van der Waals surface area contributed by atoms with Crippen molar-refractivity contribution < 1.29 is 29.4 Å². The van der Waals surface area contributed by atoms with Gasteiger partial charge in [0.05, 0.1) is 0 Å². The summed E-state index contributed by atoms with van der Waals surface area (Å²) in [5.74, 6) is -1.78. The molecule has 10 heteroatoms. The van der Waals surface area contributed by atoms with Crippen LogP contribution < -0.4 is 22.5 Å². The molecule has 1 atom stereocenters. The van der Waals surface area contributed by atoms with E-state index in [9.17, 15) is 19.2 Å². The molecular formula is C24H42N4O6. The predicted molar refractivity (Wildman–Crippen MR) is 134 cm³/mol. The van der Waals surface area contributed by atoms with Gasteiger partial charge in [-0.3, -0.25) is 19.2 Å². The second-order valence-electron chi connectivity index (χ2n) is 7.84. The molecule has 34 heavy (non-hydrogen) atoms. The van der Waals surface area contributed by atoms with E-state index in [-0.39, 0.29) is 5.91 Å². The summed E-state index contributed by atoms with van der Waals surface area (Å²) in [6, 6.07) is 6.47. The Kier molecular flexibility index (Phi) is 21.6. The number of nitrogens with one attached hydrogen (secondary N) is 1. The third-order valence-corrected chi connectivity index (χ3v) is 4.52. The number of hydrogen-bond acceptors (Lipinski definition) is 7. The van der Waals surface area contributed by atoms with Crippen LogP contribution in [0.15, 0.2) is 24.3 Å².